The van der Waals surface area contributed by atoms with Crippen LogP contribution < -0.4 is 9.47 Å². The van der Waals surface area contributed by atoms with E-state index in [9.17, 15) is 19.2 Å². The predicted octanol–water partition coefficient (Wildman–Crippen LogP) is 3.72. The number of carbonyl (C=O) groups is 4. The number of carbonyl (C=O) groups excluding carboxylic acids is 4. The molecule has 1 saturated heterocycles. The van der Waals surface area contributed by atoms with Crippen LogP contribution in [0.5, 0.6) is 11.5 Å². The molecule has 0 aliphatic carbocycles. The van der Waals surface area contributed by atoms with Crippen molar-refractivity contribution in [1.29, 1.82) is 0 Å². The molecule has 4 atom stereocenters. The van der Waals surface area contributed by atoms with Crippen LogP contribution in [0.1, 0.15) is 60.6 Å². The molecule has 0 amide bonds. The van der Waals surface area contributed by atoms with Crippen LogP contribution in [-0.4, -0.2) is 62.0 Å². The molecule has 0 saturated carbocycles. The van der Waals surface area contributed by atoms with E-state index in [1.807, 2.05) is 13.8 Å². The van der Waals surface area contributed by atoms with E-state index in [1.165, 1.54) is 39.2 Å². The summed E-state index contributed by atoms with van der Waals surface area (Å²) < 4.78 is 32.8. The van der Waals surface area contributed by atoms with Crippen molar-refractivity contribution in [2.45, 2.75) is 65.1 Å². The molecule has 0 bridgehead atoms. The summed E-state index contributed by atoms with van der Waals surface area (Å²) in [4.78, 5) is 49.6. The Labute approximate surface area is 225 Å². The maximum absolute atomic E-state index is 13.4. The smallest absolute Gasteiger partial charge is 0.303 e. The largest absolute Gasteiger partial charge is 0.497 e. The molecule has 2 radical (unpaired) electrons. The Morgan fingerprint density at radius 2 is 1.66 bits per heavy atom. The van der Waals surface area contributed by atoms with Gasteiger partial charge in [0, 0.05) is 31.2 Å². The maximum atomic E-state index is 13.4. The van der Waals surface area contributed by atoms with E-state index in [-0.39, 0.29) is 24.1 Å². The highest BCUT2D eigenvalue weighted by Gasteiger charge is 2.45. The number of hydrogen-bond donors (Lipinski definition) is 0. The zero-order valence-electron chi connectivity index (χ0n) is 22.0. The van der Waals surface area contributed by atoms with Crippen molar-refractivity contribution >= 4 is 35.0 Å². The van der Waals surface area contributed by atoms with Crippen molar-refractivity contribution in [3.05, 3.63) is 52.1 Å². The molecular weight excluding hydrogens is 516 g/mol. The van der Waals surface area contributed by atoms with Crippen LogP contribution in [0.3, 0.4) is 0 Å². The normalized spacial score (nSPS) is 20.9. The molecule has 1 aromatic carbocycles. The van der Waals surface area contributed by atoms with Gasteiger partial charge in [0.15, 0.2) is 12.2 Å². The van der Waals surface area contributed by atoms with Crippen molar-refractivity contribution in [2.24, 2.45) is 0 Å². The monoisotopic (exact) mass is 546 g/mol. The van der Waals surface area contributed by atoms with E-state index < -0.39 is 42.5 Å². The van der Waals surface area contributed by atoms with Crippen LogP contribution in [0.2, 0.25) is 0 Å². The Morgan fingerprint density at radius 1 is 1.00 bits per heavy atom. The number of ketones is 1. The fourth-order valence-electron chi connectivity index (χ4n) is 3.62. The Balaban J connectivity index is 1.92. The van der Waals surface area contributed by atoms with Crippen LogP contribution in [0.15, 0.2) is 30.3 Å². The van der Waals surface area contributed by atoms with Crippen LogP contribution in [0.4, 0.5) is 0 Å². The zero-order valence-corrected chi connectivity index (χ0v) is 22.8. The quantitative estimate of drug-likeness (QED) is 0.247. The van der Waals surface area contributed by atoms with E-state index in [4.69, 9.17) is 28.4 Å². The van der Waals surface area contributed by atoms with Gasteiger partial charge in [0.2, 0.25) is 12.1 Å². The summed E-state index contributed by atoms with van der Waals surface area (Å²) in [5, 5.41) is 0. The second kappa shape index (κ2) is 12.9. The van der Waals surface area contributed by atoms with E-state index in [1.54, 1.807) is 30.3 Å². The molecule has 204 valence electrons. The molecule has 10 nitrogen and oxygen atoms in total. The van der Waals surface area contributed by atoms with Gasteiger partial charge in [-0.1, -0.05) is 13.8 Å². The fraction of sp³-hybridized carbons (Fsp3) is 0.444. The number of rotatable bonds is 10. The predicted molar refractivity (Wildman–Crippen MR) is 135 cm³/mol. The molecule has 4 unspecified atom stereocenters. The molecule has 1 fully saturated rings. The van der Waals surface area contributed by atoms with E-state index in [0.29, 0.717) is 16.2 Å². The first-order valence-corrected chi connectivity index (χ1v) is 12.7. The van der Waals surface area contributed by atoms with Gasteiger partial charge >= 0.3 is 17.9 Å². The molecule has 1 aromatic heterocycles. The summed E-state index contributed by atoms with van der Waals surface area (Å²) in [5.74, 6) is -1.18. The number of ether oxygens (including phenoxy) is 6. The Bertz CT molecular complexity index is 1150. The minimum Gasteiger partial charge on any atom is -0.497 e. The Morgan fingerprint density at radius 3 is 2.21 bits per heavy atom. The van der Waals surface area contributed by atoms with Gasteiger partial charge in [-0.05, 0) is 36.2 Å². The molecule has 0 spiro atoms. The molecule has 2 aromatic rings. The first-order valence-electron chi connectivity index (χ1n) is 11.9. The van der Waals surface area contributed by atoms with Gasteiger partial charge in [-0.15, -0.1) is 11.3 Å². The lowest BCUT2D eigenvalue weighted by molar-refractivity contribution is -0.224. The zero-order chi connectivity index (χ0) is 28.0. The van der Waals surface area contributed by atoms with Gasteiger partial charge in [-0.3, -0.25) is 19.2 Å². The lowest BCUT2D eigenvalue weighted by atomic mass is 10.0. The van der Waals surface area contributed by atoms with Crippen molar-refractivity contribution in [2.75, 3.05) is 13.7 Å². The van der Waals surface area contributed by atoms with Crippen LogP contribution in [0.25, 0.3) is 0 Å². The summed E-state index contributed by atoms with van der Waals surface area (Å²) in [7, 11) is 1.54. The fourth-order valence-corrected chi connectivity index (χ4v) is 4.67. The first kappa shape index (κ1) is 29.1. The first-order chi connectivity index (χ1) is 18.0. The number of esters is 3. The standard InChI is InChI=1S/C27H30O10S/c1-14(2)23-11-21(27(38-23)25(31)18-7-9-19(32-6)10-8-18)36-24-12-20(34-16(4)29)26(35-17(5)30)22(37-24)13-33-15(3)28/h7-11,14,20,22,24,26H,13H2,1-6H3. The highest BCUT2D eigenvalue weighted by Crippen LogP contribution is 2.38. The SMILES string of the molecule is COc1ccc(C(=O)c2sc(C(C)C)cc2OC2[C]C(OC(C)=O)C(OC(C)=O)C(COC(C)=O)O2)cc1. The third-order valence-electron chi connectivity index (χ3n) is 5.39. The average molecular weight is 547 g/mol. The minimum atomic E-state index is -1.25. The van der Waals surface area contributed by atoms with Crippen LogP contribution >= 0.6 is 11.3 Å². The van der Waals surface area contributed by atoms with Gasteiger partial charge in [0.25, 0.3) is 0 Å². The molecule has 3 rings (SSSR count). The van der Waals surface area contributed by atoms with Gasteiger partial charge in [-0.2, -0.15) is 0 Å². The molecule has 38 heavy (non-hydrogen) atoms. The molecule has 0 N–H and O–H groups in total. The highest BCUT2D eigenvalue weighted by atomic mass is 32.1. The van der Waals surface area contributed by atoms with Gasteiger partial charge < -0.3 is 28.4 Å². The van der Waals surface area contributed by atoms with Crippen molar-refractivity contribution in [1.82, 2.24) is 0 Å². The van der Waals surface area contributed by atoms with Gasteiger partial charge in [0.05, 0.1) is 7.11 Å². The topological polar surface area (TPSA) is 124 Å². The number of thiophene rings is 1. The van der Waals surface area contributed by atoms with Crippen molar-refractivity contribution < 1.29 is 47.6 Å². The van der Waals surface area contributed by atoms with Gasteiger partial charge in [0.1, 0.15) is 35.5 Å². The summed E-state index contributed by atoms with van der Waals surface area (Å²) in [6.45, 7) is 7.27. The molecule has 11 heteroatoms. The van der Waals surface area contributed by atoms with Crippen LogP contribution in [-0.2, 0) is 33.3 Å². The van der Waals surface area contributed by atoms with E-state index in [2.05, 4.69) is 6.42 Å². The Hall–Kier alpha value is -3.44. The van der Waals surface area contributed by atoms with Crippen LogP contribution in [0, 0.1) is 6.42 Å². The van der Waals surface area contributed by atoms with Gasteiger partial charge in [-0.25, -0.2) is 0 Å². The summed E-state index contributed by atoms with van der Waals surface area (Å²) >= 11 is 1.29. The van der Waals surface area contributed by atoms with E-state index >= 15 is 0 Å². The summed E-state index contributed by atoms with van der Waals surface area (Å²) in [5.41, 5.74) is 0.436. The molecule has 1 aliphatic heterocycles. The van der Waals surface area contributed by atoms with Crippen molar-refractivity contribution in [3.8, 4) is 11.5 Å². The second-order valence-corrected chi connectivity index (χ2v) is 9.84. The molecular formula is C27H30O10S. The Kier molecular flexibility index (Phi) is 9.87. The van der Waals surface area contributed by atoms with E-state index in [0.717, 1.165) is 4.88 Å². The summed E-state index contributed by atoms with van der Waals surface area (Å²) in [6.07, 6.45) is -1.76. The maximum Gasteiger partial charge on any atom is 0.303 e. The highest BCUT2D eigenvalue weighted by molar-refractivity contribution is 7.14. The number of methoxy groups -OCH3 is 1. The number of benzene rings is 1. The summed E-state index contributed by atoms with van der Waals surface area (Å²) in [6, 6.07) is 8.44. The minimum absolute atomic E-state index is 0.110. The third-order valence-corrected chi connectivity index (χ3v) is 6.80. The lowest BCUT2D eigenvalue weighted by Crippen LogP contribution is -2.55. The number of hydrogen-bond acceptors (Lipinski definition) is 11. The van der Waals surface area contributed by atoms with Crippen molar-refractivity contribution in [3.63, 3.8) is 0 Å². The average Bonchev–Trinajstić information content (AvgIpc) is 3.27. The second-order valence-electron chi connectivity index (χ2n) is 8.75. The lowest BCUT2D eigenvalue weighted by Gasteiger charge is -2.39. The molecule has 1 aliphatic rings. The third kappa shape index (κ3) is 7.55. The molecule has 2 heterocycles.